The van der Waals surface area contributed by atoms with Crippen molar-refractivity contribution in [3.05, 3.63) is 17.8 Å². The van der Waals surface area contributed by atoms with Crippen LogP contribution in [0.5, 0.6) is 0 Å². The van der Waals surface area contributed by atoms with Gasteiger partial charge in [-0.25, -0.2) is 13.8 Å². The van der Waals surface area contributed by atoms with Crippen LogP contribution >= 0.6 is 0 Å². The third kappa shape index (κ3) is 3.62. The van der Waals surface area contributed by atoms with Gasteiger partial charge in [0, 0.05) is 49.4 Å². The average molecular weight is 445 g/mol. The Morgan fingerprint density at radius 3 is 2.34 bits per heavy atom. The predicted octanol–water partition coefficient (Wildman–Crippen LogP) is 2.05. The summed E-state index contributed by atoms with van der Waals surface area (Å²) in [5.41, 5.74) is 5.61. The molecule has 6 rings (SSSR count). The zero-order valence-electron chi connectivity index (χ0n) is 17.5. The number of ether oxygens (including phenoxy) is 2. The van der Waals surface area contributed by atoms with E-state index in [1.165, 1.54) is 12.3 Å². The van der Waals surface area contributed by atoms with E-state index >= 15 is 0 Å². The van der Waals surface area contributed by atoms with E-state index in [4.69, 9.17) is 20.2 Å². The number of pyridine rings is 1. The highest BCUT2D eigenvalue weighted by atomic mass is 19.3. The minimum atomic E-state index is -2.72. The van der Waals surface area contributed by atoms with Crippen molar-refractivity contribution in [1.82, 2.24) is 19.9 Å². The first-order valence-corrected chi connectivity index (χ1v) is 11.1. The second-order valence-corrected chi connectivity index (χ2v) is 9.08. The monoisotopic (exact) mass is 445 g/mol. The molecule has 4 bridgehead atoms. The zero-order valence-corrected chi connectivity index (χ0v) is 17.5. The Bertz CT molecular complexity index is 953. The molecule has 4 fully saturated rings. The van der Waals surface area contributed by atoms with E-state index < -0.39 is 6.43 Å². The lowest BCUT2D eigenvalue weighted by atomic mass is 10.0. The summed E-state index contributed by atoms with van der Waals surface area (Å²) in [4.78, 5) is 22.2. The SMILES string of the molecule is Nc1cc(C(F)F)c(-c2nc(N3CC4COC(C4)C3)nc(N3CC4CCC(C3)O4)n2)cn1. The van der Waals surface area contributed by atoms with E-state index in [0.29, 0.717) is 37.4 Å². The largest absolute Gasteiger partial charge is 0.384 e. The molecule has 32 heavy (non-hydrogen) atoms. The molecule has 2 aromatic rings. The smallest absolute Gasteiger partial charge is 0.264 e. The highest BCUT2D eigenvalue weighted by molar-refractivity contribution is 5.64. The molecule has 4 unspecified atom stereocenters. The quantitative estimate of drug-likeness (QED) is 0.757. The molecule has 4 saturated heterocycles. The Hall–Kier alpha value is -2.66. The Kier molecular flexibility index (Phi) is 4.83. The summed E-state index contributed by atoms with van der Waals surface area (Å²) < 4.78 is 39.4. The van der Waals surface area contributed by atoms with Crippen LogP contribution in [0.15, 0.2) is 12.3 Å². The fraction of sp³-hybridized carbons (Fsp3) is 0.619. The van der Waals surface area contributed by atoms with Crippen LogP contribution in [-0.2, 0) is 9.47 Å². The van der Waals surface area contributed by atoms with E-state index in [-0.39, 0.29) is 41.1 Å². The molecule has 6 heterocycles. The number of nitrogen functional groups attached to an aromatic ring is 1. The van der Waals surface area contributed by atoms with Gasteiger partial charge in [0.05, 0.1) is 24.9 Å². The van der Waals surface area contributed by atoms with Crippen molar-refractivity contribution in [2.75, 3.05) is 48.3 Å². The fourth-order valence-electron chi connectivity index (χ4n) is 5.22. The highest BCUT2D eigenvalue weighted by Crippen LogP contribution is 2.35. The molecule has 0 amide bonds. The molecule has 0 spiro atoms. The zero-order chi connectivity index (χ0) is 21.8. The van der Waals surface area contributed by atoms with Crippen molar-refractivity contribution in [2.24, 2.45) is 5.92 Å². The average Bonchev–Trinajstić information content (AvgIpc) is 3.32. The molecular weight excluding hydrogens is 420 g/mol. The number of rotatable bonds is 4. The number of anilines is 3. The number of nitrogens with two attached hydrogens (primary N) is 1. The first-order chi connectivity index (χ1) is 15.5. The fourth-order valence-corrected chi connectivity index (χ4v) is 5.22. The molecule has 11 heteroatoms. The molecular formula is C21H25F2N7O2. The molecule has 0 aliphatic carbocycles. The molecule has 2 N–H and O–H groups in total. The number of hydrogen-bond donors (Lipinski definition) is 1. The van der Waals surface area contributed by atoms with E-state index in [9.17, 15) is 8.78 Å². The molecule has 0 aromatic carbocycles. The number of nitrogens with zero attached hydrogens (tertiary/aromatic N) is 6. The maximum absolute atomic E-state index is 13.8. The summed E-state index contributed by atoms with van der Waals surface area (Å²) in [6.45, 7) is 3.53. The van der Waals surface area contributed by atoms with Crippen LogP contribution in [0.2, 0.25) is 0 Å². The second kappa shape index (κ2) is 7.73. The first-order valence-electron chi connectivity index (χ1n) is 11.1. The van der Waals surface area contributed by atoms with E-state index in [2.05, 4.69) is 24.8 Å². The number of halogens is 2. The van der Waals surface area contributed by atoms with E-state index in [0.717, 1.165) is 32.4 Å². The van der Waals surface area contributed by atoms with Crippen LogP contribution in [0.4, 0.5) is 26.5 Å². The number of fused-ring (bicyclic) bond motifs is 4. The lowest BCUT2D eigenvalue weighted by Gasteiger charge is -2.34. The first kappa shape index (κ1) is 20.0. The van der Waals surface area contributed by atoms with Crippen LogP contribution in [0.1, 0.15) is 31.3 Å². The summed E-state index contributed by atoms with van der Waals surface area (Å²) in [6, 6.07) is 1.19. The lowest BCUT2D eigenvalue weighted by Crippen LogP contribution is -2.44. The van der Waals surface area contributed by atoms with Crippen molar-refractivity contribution < 1.29 is 18.3 Å². The Morgan fingerprint density at radius 1 is 0.969 bits per heavy atom. The predicted molar refractivity (Wildman–Crippen MR) is 113 cm³/mol. The van der Waals surface area contributed by atoms with Crippen molar-refractivity contribution >= 4 is 17.7 Å². The van der Waals surface area contributed by atoms with Crippen molar-refractivity contribution in [3.8, 4) is 11.4 Å². The normalized spacial score (nSPS) is 29.2. The summed E-state index contributed by atoms with van der Waals surface area (Å²) in [6.07, 6.45) is 2.09. The highest BCUT2D eigenvalue weighted by Gasteiger charge is 2.37. The van der Waals surface area contributed by atoms with Gasteiger partial charge in [-0.3, -0.25) is 0 Å². The minimum absolute atomic E-state index is 0.0352. The van der Waals surface area contributed by atoms with Gasteiger partial charge in [0.1, 0.15) is 5.82 Å². The van der Waals surface area contributed by atoms with E-state index in [1.807, 2.05) is 0 Å². The minimum Gasteiger partial charge on any atom is -0.384 e. The number of morpholine rings is 1. The molecule has 4 atom stereocenters. The van der Waals surface area contributed by atoms with Gasteiger partial charge in [-0.15, -0.1) is 0 Å². The van der Waals surface area contributed by atoms with Crippen molar-refractivity contribution in [2.45, 2.75) is 44.0 Å². The lowest BCUT2D eigenvalue weighted by molar-refractivity contribution is 0.0299. The number of aromatic nitrogens is 4. The summed E-state index contributed by atoms with van der Waals surface area (Å²) >= 11 is 0. The van der Waals surface area contributed by atoms with Gasteiger partial charge in [-0.05, 0) is 25.3 Å². The second-order valence-electron chi connectivity index (χ2n) is 9.08. The topological polar surface area (TPSA) is 103 Å². The Morgan fingerprint density at radius 2 is 1.66 bits per heavy atom. The summed E-state index contributed by atoms with van der Waals surface area (Å²) in [5, 5.41) is 0. The van der Waals surface area contributed by atoms with Gasteiger partial charge >= 0.3 is 0 Å². The molecule has 2 aromatic heterocycles. The van der Waals surface area contributed by atoms with Crippen molar-refractivity contribution in [1.29, 1.82) is 0 Å². The standard InChI is InChI=1S/C21H25F2N7O2/c22-18(23)15-4-17(24)25-5-16(15)19-26-20(29-6-11-3-14(9-29)31-10-11)28-21(27-19)30-7-12-1-2-13(8-30)32-12/h4-5,11-14,18H,1-3,6-10H2,(H2,24,25). The van der Waals surface area contributed by atoms with Crippen LogP contribution in [0.3, 0.4) is 0 Å². The van der Waals surface area contributed by atoms with Crippen molar-refractivity contribution in [3.63, 3.8) is 0 Å². The van der Waals surface area contributed by atoms with Gasteiger partial charge in [-0.1, -0.05) is 0 Å². The molecule has 0 radical (unpaired) electrons. The van der Waals surface area contributed by atoms with Gasteiger partial charge in [-0.2, -0.15) is 15.0 Å². The van der Waals surface area contributed by atoms with Crippen LogP contribution in [0, 0.1) is 5.92 Å². The van der Waals surface area contributed by atoms with E-state index in [1.54, 1.807) is 0 Å². The third-order valence-corrected chi connectivity index (χ3v) is 6.72. The molecule has 170 valence electrons. The Balaban J connectivity index is 1.43. The van der Waals surface area contributed by atoms with Gasteiger partial charge < -0.3 is 25.0 Å². The van der Waals surface area contributed by atoms with Crippen LogP contribution < -0.4 is 15.5 Å². The molecule has 0 saturated carbocycles. The molecule has 4 aliphatic rings. The maximum atomic E-state index is 13.8. The number of piperidine rings is 1. The molecule has 9 nitrogen and oxygen atoms in total. The van der Waals surface area contributed by atoms with Gasteiger partial charge in [0.25, 0.3) is 6.43 Å². The Labute approximate surface area is 184 Å². The summed E-state index contributed by atoms with van der Waals surface area (Å²) in [7, 11) is 0. The van der Waals surface area contributed by atoms with Crippen LogP contribution in [-0.4, -0.2) is 71.0 Å². The van der Waals surface area contributed by atoms with Crippen LogP contribution in [0.25, 0.3) is 11.4 Å². The van der Waals surface area contributed by atoms with Gasteiger partial charge in [0.2, 0.25) is 11.9 Å². The maximum Gasteiger partial charge on any atom is 0.264 e. The number of alkyl halides is 2. The molecule has 4 aliphatic heterocycles. The van der Waals surface area contributed by atoms with Gasteiger partial charge in [0.15, 0.2) is 5.82 Å². The number of hydrogen-bond acceptors (Lipinski definition) is 9. The summed E-state index contributed by atoms with van der Waals surface area (Å²) in [5.74, 6) is 1.62. The third-order valence-electron chi connectivity index (χ3n) is 6.72.